The zero-order valence-electron chi connectivity index (χ0n) is 11.2. The Morgan fingerprint density at radius 2 is 2.35 bits per heavy atom. The van der Waals surface area contributed by atoms with E-state index in [1.165, 1.54) is 25.1 Å². The molecular formula is C13H24N4. The number of imidazole rings is 1. The molecule has 1 aromatic rings. The van der Waals surface area contributed by atoms with Gasteiger partial charge in [-0.25, -0.2) is 4.98 Å². The summed E-state index contributed by atoms with van der Waals surface area (Å²) in [5.74, 6) is 0.698. The number of nitrogens with zero attached hydrogens (tertiary/aromatic N) is 3. The SMILES string of the molecule is CCN1CCCC(CNC)C1c1cncn1C. The van der Waals surface area contributed by atoms with Gasteiger partial charge in [-0.2, -0.15) is 0 Å². The number of hydrogen-bond donors (Lipinski definition) is 1. The van der Waals surface area contributed by atoms with Gasteiger partial charge in [-0.3, -0.25) is 4.90 Å². The Morgan fingerprint density at radius 1 is 1.53 bits per heavy atom. The highest BCUT2D eigenvalue weighted by Gasteiger charge is 2.32. The second-order valence-corrected chi connectivity index (χ2v) is 4.96. The molecule has 1 aliphatic rings. The molecule has 2 heterocycles. The first-order valence-electron chi connectivity index (χ1n) is 6.62. The lowest BCUT2D eigenvalue weighted by Gasteiger charge is -2.41. The van der Waals surface area contributed by atoms with Crippen molar-refractivity contribution in [2.75, 3.05) is 26.7 Å². The van der Waals surface area contributed by atoms with Crippen LogP contribution in [0.15, 0.2) is 12.5 Å². The molecule has 0 aliphatic carbocycles. The van der Waals surface area contributed by atoms with Crippen LogP contribution in [0.3, 0.4) is 0 Å². The number of hydrogen-bond acceptors (Lipinski definition) is 3. The predicted octanol–water partition coefficient (Wildman–Crippen LogP) is 1.41. The van der Waals surface area contributed by atoms with Crippen molar-refractivity contribution >= 4 is 0 Å². The molecule has 4 heteroatoms. The Labute approximate surface area is 104 Å². The van der Waals surface area contributed by atoms with Crippen LogP contribution in [0.4, 0.5) is 0 Å². The lowest BCUT2D eigenvalue weighted by atomic mass is 9.87. The van der Waals surface area contributed by atoms with Gasteiger partial charge < -0.3 is 9.88 Å². The van der Waals surface area contributed by atoms with E-state index in [2.05, 4.69) is 33.7 Å². The van der Waals surface area contributed by atoms with Crippen molar-refractivity contribution in [3.05, 3.63) is 18.2 Å². The average molecular weight is 236 g/mol. The van der Waals surface area contributed by atoms with Gasteiger partial charge in [0.2, 0.25) is 0 Å². The van der Waals surface area contributed by atoms with Gasteiger partial charge in [-0.15, -0.1) is 0 Å². The highest BCUT2D eigenvalue weighted by Crippen LogP contribution is 2.35. The van der Waals surface area contributed by atoms with E-state index in [1.54, 1.807) is 0 Å². The molecule has 0 aromatic carbocycles. The van der Waals surface area contributed by atoms with Crippen molar-refractivity contribution in [3.8, 4) is 0 Å². The van der Waals surface area contributed by atoms with Gasteiger partial charge in [0, 0.05) is 13.2 Å². The van der Waals surface area contributed by atoms with E-state index in [9.17, 15) is 0 Å². The monoisotopic (exact) mass is 236 g/mol. The van der Waals surface area contributed by atoms with Crippen LogP contribution in [0, 0.1) is 5.92 Å². The Hall–Kier alpha value is -0.870. The first-order chi connectivity index (χ1) is 8.27. The first-order valence-corrected chi connectivity index (χ1v) is 6.62. The van der Waals surface area contributed by atoms with Gasteiger partial charge in [-0.05, 0) is 45.4 Å². The summed E-state index contributed by atoms with van der Waals surface area (Å²) in [6.07, 6.45) is 6.57. The number of rotatable bonds is 4. The molecule has 0 spiro atoms. The number of piperidine rings is 1. The van der Waals surface area contributed by atoms with Crippen molar-refractivity contribution in [2.24, 2.45) is 13.0 Å². The van der Waals surface area contributed by atoms with Crippen LogP contribution in [0.25, 0.3) is 0 Å². The molecule has 2 rings (SSSR count). The lowest BCUT2D eigenvalue weighted by Crippen LogP contribution is -2.42. The van der Waals surface area contributed by atoms with Crippen molar-refractivity contribution in [1.82, 2.24) is 19.8 Å². The summed E-state index contributed by atoms with van der Waals surface area (Å²) in [6, 6.07) is 0.522. The van der Waals surface area contributed by atoms with Crippen molar-refractivity contribution in [1.29, 1.82) is 0 Å². The van der Waals surface area contributed by atoms with E-state index in [1.807, 2.05) is 19.6 Å². The Bertz CT molecular complexity index is 345. The molecule has 1 saturated heterocycles. The molecule has 17 heavy (non-hydrogen) atoms. The summed E-state index contributed by atoms with van der Waals surface area (Å²) >= 11 is 0. The molecule has 96 valence electrons. The summed E-state index contributed by atoms with van der Waals surface area (Å²) in [4.78, 5) is 6.86. The van der Waals surface area contributed by atoms with Crippen LogP contribution in [0.5, 0.6) is 0 Å². The fourth-order valence-electron chi connectivity index (χ4n) is 3.06. The van der Waals surface area contributed by atoms with Gasteiger partial charge in [0.25, 0.3) is 0 Å². The average Bonchev–Trinajstić information content (AvgIpc) is 2.75. The van der Waals surface area contributed by atoms with Gasteiger partial charge in [0.15, 0.2) is 0 Å². The minimum atomic E-state index is 0.522. The standard InChI is InChI=1S/C13H24N4/c1-4-17-7-5-6-11(8-14-2)13(17)12-9-15-10-16(12)3/h9-11,13-14H,4-8H2,1-3H3. The fourth-order valence-corrected chi connectivity index (χ4v) is 3.06. The highest BCUT2D eigenvalue weighted by atomic mass is 15.2. The Morgan fingerprint density at radius 3 is 2.94 bits per heavy atom. The minimum absolute atomic E-state index is 0.522. The second-order valence-electron chi connectivity index (χ2n) is 4.96. The Balaban J connectivity index is 2.25. The molecule has 0 amide bonds. The third kappa shape index (κ3) is 2.53. The van der Waals surface area contributed by atoms with Gasteiger partial charge in [0.1, 0.15) is 0 Å². The van der Waals surface area contributed by atoms with Crippen LogP contribution in [-0.2, 0) is 7.05 Å². The maximum absolute atomic E-state index is 4.28. The zero-order valence-corrected chi connectivity index (χ0v) is 11.2. The van der Waals surface area contributed by atoms with E-state index in [0.29, 0.717) is 12.0 Å². The summed E-state index contributed by atoms with van der Waals surface area (Å²) < 4.78 is 2.17. The number of aryl methyl sites for hydroxylation is 1. The third-order valence-corrected chi connectivity index (χ3v) is 3.89. The highest BCUT2D eigenvalue weighted by molar-refractivity contribution is 5.09. The summed E-state index contributed by atoms with van der Waals surface area (Å²) in [6.45, 7) is 5.68. The summed E-state index contributed by atoms with van der Waals surface area (Å²) in [5, 5.41) is 3.34. The van der Waals surface area contributed by atoms with Crippen LogP contribution >= 0.6 is 0 Å². The quantitative estimate of drug-likeness (QED) is 0.858. The van der Waals surface area contributed by atoms with E-state index >= 15 is 0 Å². The molecular weight excluding hydrogens is 212 g/mol. The summed E-state index contributed by atoms with van der Waals surface area (Å²) in [7, 11) is 4.15. The Kier molecular flexibility index (Phi) is 4.18. The number of nitrogens with one attached hydrogen (secondary N) is 1. The molecule has 1 aliphatic heterocycles. The van der Waals surface area contributed by atoms with E-state index in [-0.39, 0.29) is 0 Å². The van der Waals surface area contributed by atoms with Gasteiger partial charge >= 0.3 is 0 Å². The van der Waals surface area contributed by atoms with E-state index in [0.717, 1.165) is 13.1 Å². The van der Waals surface area contributed by atoms with Crippen LogP contribution in [-0.4, -0.2) is 41.1 Å². The number of aromatic nitrogens is 2. The van der Waals surface area contributed by atoms with Crippen LogP contribution in [0.2, 0.25) is 0 Å². The first kappa shape index (κ1) is 12.6. The molecule has 0 radical (unpaired) electrons. The van der Waals surface area contributed by atoms with E-state index < -0.39 is 0 Å². The van der Waals surface area contributed by atoms with E-state index in [4.69, 9.17) is 0 Å². The fraction of sp³-hybridized carbons (Fsp3) is 0.769. The smallest absolute Gasteiger partial charge is 0.0946 e. The molecule has 1 N–H and O–H groups in total. The molecule has 2 unspecified atom stereocenters. The molecule has 1 fully saturated rings. The zero-order chi connectivity index (χ0) is 12.3. The minimum Gasteiger partial charge on any atom is -0.336 e. The molecule has 4 nitrogen and oxygen atoms in total. The maximum atomic E-state index is 4.28. The third-order valence-electron chi connectivity index (χ3n) is 3.89. The van der Waals surface area contributed by atoms with Crippen LogP contribution in [0.1, 0.15) is 31.5 Å². The van der Waals surface area contributed by atoms with Gasteiger partial charge in [-0.1, -0.05) is 6.92 Å². The molecule has 1 aromatic heterocycles. The van der Waals surface area contributed by atoms with Crippen LogP contribution < -0.4 is 5.32 Å². The predicted molar refractivity (Wildman–Crippen MR) is 69.8 cm³/mol. The molecule has 2 atom stereocenters. The van der Waals surface area contributed by atoms with Gasteiger partial charge in [0.05, 0.1) is 18.1 Å². The topological polar surface area (TPSA) is 33.1 Å². The van der Waals surface area contributed by atoms with Crippen molar-refractivity contribution < 1.29 is 0 Å². The lowest BCUT2D eigenvalue weighted by molar-refractivity contribution is 0.0930. The maximum Gasteiger partial charge on any atom is 0.0946 e. The number of likely N-dealkylation sites (tertiary alicyclic amines) is 1. The molecule has 0 bridgehead atoms. The van der Waals surface area contributed by atoms with Crippen molar-refractivity contribution in [3.63, 3.8) is 0 Å². The van der Waals surface area contributed by atoms with Crippen molar-refractivity contribution in [2.45, 2.75) is 25.8 Å². The molecule has 0 saturated carbocycles. The normalized spacial score (nSPS) is 26.3. The second kappa shape index (κ2) is 5.65. The largest absolute Gasteiger partial charge is 0.336 e. The summed E-state index contributed by atoms with van der Waals surface area (Å²) in [5.41, 5.74) is 1.35.